The fraction of sp³-hybridized carbons (Fsp3) is 0.211. The summed E-state index contributed by atoms with van der Waals surface area (Å²) in [6, 6.07) is 9.86. The average Bonchev–Trinajstić information content (AvgIpc) is 3.05. The van der Waals surface area contributed by atoms with E-state index in [1.54, 1.807) is 12.1 Å². The monoisotopic (exact) mass is 380 g/mol. The van der Waals surface area contributed by atoms with Crippen LogP contribution in [-0.4, -0.2) is 35.6 Å². The molecule has 0 aliphatic carbocycles. The first-order chi connectivity index (χ1) is 13.5. The van der Waals surface area contributed by atoms with Crippen LogP contribution < -0.4 is 14.8 Å². The summed E-state index contributed by atoms with van der Waals surface area (Å²) in [6.07, 6.45) is 0.478. The number of fused-ring (bicyclic) bond motifs is 2. The highest BCUT2D eigenvalue weighted by molar-refractivity contribution is 6.15. The third-order valence-corrected chi connectivity index (χ3v) is 4.43. The van der Waals surface area contributed by atoms with Crippen molar-refractivity contribution in [3.63, 3.8) is 0 Å². The van der Waals surface area contributed by atoms with Gasteiger partial charge in [0.15, 0.2) is 11.5 Å². The number of non-ortho nitro benzene ring substituents is 1. The highest BCUT2D eigenvalue weighted by Gasteiger charge is 2.24. The van der Waals surface area contributed by atoms with Gasteiger partial charge < -0.3 is 14.8 Å². The molecule has 0 saturated heterocycles. The Labute approximate surface area is 159 Å². The Morgan fingerprint density at radius 2 is 1.89 bits per heavy atom. The molecular formula is C19H16N4O5. The second-order valence-corrected chi connectivity index (χ2v) is 6.37. The fourth-order valence-electron chi connectivity index (χ4n) is 3.06. The molecule has 9 heteroatoms. The van der Waals surface area contributed by atoms with Gasteiger partial charge in [0.05, 0.1) is 17.2 Å². The van der Waals surface area contributed by atoms with Gasteiger partial charge in [-0.3, -0.25) is 14.9 Å². The number of nitro benzene ring substituents is 1. The van der Waals surface area contributed by atoms with Crippen LogP contribution in [0.1, 0.15) is 23.6 Å². The van der Waals surface area contributed by atoms with Crippen molar-refractivity contribution in [3.05, 3.63) is 63.2 Å². The van der Waals surface area contributed by atoms with E-state index < -0.39 is 4.92 Å². The third-order valence-electron chi connectivity index (χ3n) is 4.43. The molecule has 0 saturated carbocycles. The van der Waals surface area contributed by atoms with Gasteiger partial charge in [0.25, 0.3) is 5.69 Å². The second-order valence-electron chi connectivity index (χ2n) is 6.37. The van der Waals surface area contributed by atoms with E-state index in [4.69, 9.17) is 9.47 Å². The topological polar surface area (TPSA) is 115 Å². The molecule has 0 fully saturated rings. The number of nitrogens with one attached hydrogen (secondary N) is 1. The van der Waals surface area contributed by atoms with Gasteiger partial charge in [-0.25, -0.2) is 0 Å². The smallest absolute Gasteiger partial charge is 0.269 e. The van der Waals surface area contributed by atoms with E-state index in [1.807, 2.05) is 12.1 Å². The van der Waals surface area contributed by atoms with Gasteiger partial charge in [-0.05, 0) is 29.8 Å². The second kappa shape index (κ2) is 7.10. The number of rotatable bonds is 4. The molecule has 9 nitrogen and oxygen atoms in total. The van der Waals surface area contributed by atoms with Gasteiger partial charge in [-0.15, -0.1) is 5.10 Å². The van der Waals surface area contributed by atoms with E-state index in [-0.39, 0.29) is 24.9 Å². The molecule has 0 atom stereocenters. The van der Waals surface area contributed by atoms with Gasteiger partial charge in [0.2, 0.25) is 12.7 Å². The van der Waals surface area contributed by atoms with Gasteiger partial charge in [0.1, 0.15) is 5.71 Å². The lowest BCUT2D eigenvalue weighted by Gasteiger charge is -2.11. The van der Waals surface area contributed by atoms with Crippen LogP contribution in [0.5, 0.6) is 11.5 Å². The van der Waals surface area contributed by atoms with Crippen LogP contribution in [0.15, 0.2) is 46.6 Å². The molecule has 2 aliphatic rings. The Hall–Kier alpha value is -3.75. The predicted molar refractivity (Wildman–Crippen MR) is 101 cm³/mol. The van der Waals surface area contributed by atoms with Crippen LogP contribution in [0.4, 0.5) is 5.69 Å². The summed E-state index contributed by atoms with van der Waals surface area (Å²) in [5.41, 5.74) is 3.67. The largest absolute Gasteiger partial charge is 0.454 e. The molecule has 2 aliphatic heterocycles. The fourth-order valence-corrected chi connectivity index (χ4v) is 3.06. The van der Waals surface area contributed by atoms with Crippen LogP contribution in [0, 0.1) is 10.1 Å². The highest BCUT2D eigenvalue weighted by atomic mass is 16.7. The molecule has 0 aromatic heterocycles. The van der Waals surface area contributed by atoms with Crippen molar-refractivity contribution in [1.82, 2.24) is 5.32 Å². The first-order valence-corrected chi connectivity index (χ1v) is 8.57. The Morgan fingerprint density at radius 1 is 1.18 bits per heavy atom. The van der Waals surface area contributed by atoms with Crippen molar-refractivity contribution in [1.29, 1.82) is 0 Å². The normalized spacial score (nSPS) is 14.5. The van der Waals surface area contributed by atoms with Crippen molar-refractivity contribution in [2.45, 2.75) is 13.3 Å². The minimum atomic E-state index is -0.450. The van der Waals surface area contributed by atoms with Crippen LogP contribution in [0.2, 0.25) is 0 Å². The number of hydrogen-bond donors (Lipinski definition) is 1. The standard InChI is InChI=1S/C19H16N4O5/c1-11(24)20-9-14-6-13-7-17-18(28-10-27-17)8-16(13)19(22-21-14)12-2-4-15(5-3-12)23(25)26/h2-5,7-8H,6,9-10H2,1H3,(H,20,24). The number of ether oxygens (including phenoxy) is 2. The Morgan fingerprint density at radius 3 is 2.57 bits per heavy atom. The number of benzene rings is 2. The summed E-state index contributed by atoms with van der Waals surface area (Å²) in [7, 11) is 0. The zero-order chi connectivity index (χ0) is 19.7. The van der Waals surface area contributed by atoms with Gasteiger partial charge in [0, 0.05) is 36.6 Å². The Bertz CT molecular complexity index is 1030. The first-order valence-electron chi connectivity index (χ1n) is 8.57. The van der Waals surface area contributed by atoms with Crippen LogP contribution in [-0.2, 0) is 11.2 Å². The molecular weight excluding hydrogens is 364 g/mol. The van der Waals surface area contributed by atoms with E-state index in [2.05, 4.69) is 15.5 Å². The summed E-state index contributed by atoms with van der Waals surface area (Å²) in [4.78, 5) is 21.7. The molecule has 0 radical (unpaired) electrons. The maximum absolute atomic E-state index is 11.3. The van der Waals surface area contributed by atoms with Crippen LogP contribution in [0.3, 0.4) is 0 Å². The maximum Gasteiger partial charge on any atom is 0.269 e. The zero-order valence-corrected chi connectivity index (χ0v) is 15.0. The molecule has 0 spiro atoms. The maximum atomic E-state index is 11.3. The van der Waals surface area contributed by atoms with Gasteiger partial charge in [-0.2, -0.15) is 5.10 Å². The minimum absolute atomic E-state index is 0.00118. The zero-order valence-electron chi connectivity index (χ0n) is 15.0. The molecule has 4 rings (SSSR count). The molecule has 0 unspecified atom stereocenters. The van der Waals surface area contributed by atoms with Crippen molar-refractivity contribution < 1.29 is 19.2 Å². The minimum Gasteiger partial charge on any atom is -0.454 e. The molecule has 28 heavy (non-hydrogen) atoms. The van der Waals surface area contributed by atoms with Gasteiger partial charge >= 0.3 is 0 Å². The van der Waals surface area contributed by atoms with E-state index in [0.29, 0.717) is 34.9 Å². The average molecular weight is 380 g/mol. The third kappa shape index (κ3) is 3.41. The first kappa shape index (κ1) is 17.7. The van der Waals surface area contributed by atoms with Crippen LogP contribution >= 0.6 is 0 Å². The summed E-state index contributed by atoms with van der Waals surface area (Å²) in [5.74, 6) is 1.10. The van der Waals surface area contributed by atoms with E-state index in [0.717, 1.165) is 11.1 Å². The molecule has 1 amide bonds. The quantitative estimate of drug-likeness (QED) is 0.645. The molecule has 1 N–H and O–H groups in total. The summed E-state index contributed by atoms with van der Waals surface area (Å²) < 4.78 is 11.0. The Kier molecular flexibility index (Phi) is 4.48. The lowest BCUT2D eigenvalue weighted by atomic mass is 9.94. The lowest BCUT2D eigenvalue weighted by Crippen LogP contribution is -2.28. The van der Waals surface area contributed by atoms with Crippen LogP contribution in [0.25, 0.3) is 0 Å². The van der Waals surface area contributed by atoms with Crippen molar-refractivity contribution in [2.75, 3.05) is 13.3 Å². The number of carbonyl (C=O) groups is 1. The highest BCUT2D eigenvalue weighted by Crippen LogP contribution is 2.36. The lowest BCUT2D eigenvalue weighted by molar-refractivity contribution is -0.384. The van der Waals surface area contributed by atoms with E-state index >= 15 is 0 Å². The number of carbonyl (C=O) groups excluding carboxylic acids is 1. The Balaban J connectivity index is 1.78. The predicted octanol–water partition coefficient (Wildman–Crippen LogP) is 2.21. The van der Waals surface area contributed by atoms with Crippen molar-refractivity contribution in [3.8, 4) is 11.5 Å². The number of hydrogen-bond acceptors (Lipinski definition) is 7. The van der Waals surface area contributed by atoms with Crippen molar-refractivity contribution >= 4 is 23.0 Å². The van der Waals surface area contributed by atoms with Gasteiger partial charge in [-0.1, -0.05) is 0 Å². The van der Waals surface area contributed by atoms with Crippen molar-refractivity contribution in [2.24, 2.45) is 10.2 Å². The van der Waals surface area contributed by atoms with E-state index in [1.165, 1.54) is 19.1 Å². The molecule has 2 heterocycles. The summed E-state index contributed by atoms with van der Waals surface area (Å²) >= 11 is 0. The molecule has 2 aromatic carbocycles. The molecule has 0 bridgehead atoms. The van der Waals surface area contributed by atoms with E-state index in [9.17, 15) is 14.9 Å². The summed E-state index contributed by atoms with van der Waals surface area (Å²) in [5, 5.41) is 22.3. The number of nitrogens with zero attached hydrogens (tertiary/aromatic N) is 3. The number of amides is 1. The molecule has 2 aromatic rings. The molecule has 142 valence electrons. The SMILES string of the molecule is CC(=O)NCC1=NN=C(c2ccc([N+](=O)[O-])cc2)c2cc3c(cc2C1)OCO3. The number of nitro groups is 1. The summed E-state index contributed by atoms with van der Waals surface area (Å²) in [6.45, 7) is 1.87.